The number of carboxylic acids is 1. The summed E-state index contributed by atoms with van der Waals surface area (Å²) in [5.41, 5.74) is 1.21. The summed E-state index contributed by atoms with van der Waals surface area (Å²) in [6.45, 7) is 0. The molecule has 0 heterocycles. The molecule has 86 valence electrons. The van der Waals surface area contributed by atoms with E-state index < -0.39 is 5.97 Å². The van der Waals surface area contributed by atoms with Crippen molar-refractivity contribution >= 4 is 17.6 Å². The summed E-state index contributed by atoms with van der Waals surface area (Å²) in [7, 11) is 0. The van der Waals surface area contributed by atoms with Gasteiger partial charge in [-0.25, -0.2) is 4.39 Å². The SMILES string of the molecule is O=C([O-])c1ccc(-c2cccc(F)c2)cc1Cl. The highest BCUT2D eigenvalue weighted by Crippen LogP contribution is 2.25. The Labute approximate surface area is 102 Å². The van der Waals surface area contributed by atoms with Crippen molar-refractivity contribution in [1.82, 2.24) is 0 Å². The number of carbonyl (C=O) groups excluding carboxylic acids is 1. The summed E-state index contributed by atoms with van der Waals surface area (Å²) in [6, 6.07) is 10.4. The first-order valence-electron chi connectivity index (χ1n) is 4.85. The molecule has 0 unspecified atom stereocenters. The second-order valence-electron chi connectivity index (χ2n) is 3.49. The van der Waals surface area contributed by atoms with Crippen molar-refractivity contribution in [2.75, 3.05) is 0 Å². The maximum absolute atomic E-state index is 13.0. The van der Waals surface area contributed by atoms with Gasteiger partial charge in [-0.2, -0.15) is 0 Å². The molecule has 0 saturated carbocycles. The predicted molar refractivity (Wildman–Crippen MR) is 61.2 cm³/mol. The van der Waals surface area contributed by atoms with Gasteiger partial charge in [0, 0.05) is 5.56 Å². The zero-order valence-electron chi connectivity index (χ0n) is 8.61. The van der Waals surface area contributed by atoms with E-state index in [0.717, 1.165) is 0 Å². The van der Waals surface area contributed by atoms with Crippen LogP contribution >= 0.6 is 11.6 Å². The standard InChI is InChI=1S/C13H8ClFO2/c14-12-7-9(4-5-11(12)13(16)17)8-2-1-3-10(15)6-8/h1-7H,(H,16,17)/p-1. The number of rotatable bonds is 2. The normalized spacial score (nSPS) is 10.2. The van der Waals surface area contributed by atoms with E-state index in [1.54, 1.807) is 18.2 Å². The van der Waals surface area contributed by atoms with Gasteiger partial charge >= 0.3 is 0 Å². The zero-order chi connectivity index (χ0) is 12.4. The third-order valence-electron chi connectivity index (χ3n) is 2.35. The first kappa shape index (κ1) is 11.6. The van der Waals surface area contributed by atoms with Crippen LogP contribution in [0.5, 0.6) is 0 Å². The molecule has 0 saturated heterocycles. The van der Waals surface area contributed by atoms with E-state index in [-0.39, 0.29) is 16.4 Å². The molecule has 2 aromatic rings. The number of halogens is 2. The minimum absolute atomic E-state index is 0.0757. The Balaban J connectivity index is 2.48. The van der Waals surface area contributed by atoms with E-state index in [0.29, 0.717) is 11.1 Å². The highest BCUT2D eigenvalue weighted by atomic mass is 35.5. The Morgan fingerprint density at radius 2 is 1.82 bits per heavy atom. The molecule has 0 spiro atoms. The van der Waals surface area contributed by atoms with Crippen molar-refractivity contribution in [2.24, 2.45) is 0 Å². The lowest BCUT2D eigenvalue weighted by Crippen LogP contribution is -2.22. The van der Waals surface area contributed by atoms with Gasteiger partial charge in [0.05, 0.1) is 11.0 Å². The smallest absolute Gasteiger partial charge is 0.123 e. The van der Waals surface area contributed by atoms with Crippen LogP contribution in [0.3, 0.4) is 0 Å². The van der Waals surface area contributed by atoms with Crippen LogP contribution in [-0.2, 0) is 0 Å². The topological polar surface area (TPSA) is 40.1 Å². The largest absolute Gasteiger partial charge is 0.545 e. The fourth-order valence-corrected chi connectivity index (χ4v) is 1.79. The van der Waals surface area contributed by atoms with Gasteiger partial charge in [0.2, 0.25) is 0 Å². The average Bonchev–Trinajstić information content (AvgIpc) is 2.28. The van der Waals surface area contributed by atoms with E-state index in [2.05, 4.69) is 0 Å². The van der Waals surface area contributed by atoms with Gasteiger partial charge < -0.3 is 9.90 Å². The summed E-state index contributed by atoms with van der Waals surface area (Å²) in [6.07, 6.45) is 0. The number of benzene rings is 2. The predicted octanol–water partition coefficient (Wildman–Crippen LogP) is 2.51. The van der Waals surface area contributed by atoms with E-state index in [1.165, 1.54) is 24.3 Å². The van der Waals surface area contributed by atoms with Gasteiger partial charge in [-0.15, -0.1) is 0 Å². The Kier molecular flexibility index (Phi) is 3.11. The molecule has 0 N–H and O–H groups in total. The fraction of sp³-hybridized carbons (Fsp3) is 0. The fourth-order valence-electron chi connectivity index (χ4n) is 1.53. The molecular formula is C13H7ClFO2-. The lowest BCUT2D eigenvalue weighted by molar-refractivity contribution is -0.255. The average molecular weight is 250 g/mol. The van der Waals surface area contributed by atoms with E-state index in [4.69, 9.17) is 11.6 Å². The van der Waals surface area contributed by atoms with E-state index >= 15 is 0 Å². The van der Waals surface area contributed by atoms with Crippen LogP contribution < -0.4 is 5.11 Å². The van der Waals surface area contributed by atoms with Crippen molar-refractivity contribution in [3.8, 4) is 11.1 Å². The third kappa shape index (κ3) is 2.45. The van der Waals surface area contributed by atoms with Crippen LogP contribution in [0, 0.1) is 5.82 Å². The molecule has 2 aromatic carbocycles. The van der Waals surface area contributed by atoms with E-state index in [9.17, 15) is 14.3 Å². The Morgan fingerprint density at radius 3 is 2.41 bits per heavy atom. The Morgan fingerprint density at radius 1 is 1.12 bits per heavy atom. The lowest BCUT2D eigenvalue weighted by atomic mass is 10.0. The molecule has 0 radical (unpaired) electrons. The van der Waals surface area contributed by atoms with Gasteiger partial charge in [0.1, 0.15) is 5.82 Å². The lowest BCUT2D eigenvalue weighted by Gasteiger charge is -2.08. The molecule has 0 aliphatic heterocycles. The van der Waals surface area contributed by atoms with Gasteiger partial charge in [0.15, 0.2) is 0 Å². The summed E-state index contributed by atoms with van der Waals surface area (Å²) in [5.74, 6) is -1.69. The summed E-state index contributed by atoms with van der Waals surface area (Å²) in [5, 5.41) is 10.7. The quantitative estimate of drug-likeness (QED) is 0.820. The molecule has 2 nitrogen and oxygen atoms in total. The first-order valence-corrected chi connectivity index (χ1v) is 5.22. The van der Waals surface area contributed by atoms with Gasteiger partial charge in [-0.05, 0) is 29.3 Å². The maximum atomic E-state index is 13.0. The van der Waals surface area contributed by atoms with Crippen molar-refractivity contribution < 1.29 is 14.3 Å². The number of aromatic carboxylic acids is 1. The molecule has 0 fully saturated rings. The molecule has 0 atom stereocenters. The van der Waals surface area contributed by atoms with Gasteiger partial charge in [0.25, 0.3) is 0 Å². The molecule has 0 aliphatic carbocycles. The zero-order valence-corrected chi connectivity index (χ0v) is 9.37. The van der Waals surface area contributed by atoms with Crippen molar-refractivity contribution in [2.45, 2.75) is 0 Å². The molecule has 0 aliphatic rings. The maximum Gasteiger partial charge on any atom is 0.123 e. The van der Waals surface area contributed by atoms with E-state index in [1.807, 2.05) is 0 Å². The second kappa shape index (κ2) is 4.55. The second-order valence-corrected chi connectivity index (χ2v) is 3.90. The summed E-state index contributed by atoms with van der Waals surface area (Å²) in [4.78, 5) is 10.7. The Hall–Kier alpha value is -1.87. The Bertz CT molecular complexity index is 581. The molecule has 0 amide bonds. The van der Waals surface area contributed by atoms with Crippen molar-refractivity contribution in [3.05, 3.63) is 58.9 Å². The van der Waals surface area contributed by atoms with Crippen LogP contribution in [0.25, 0.3) is 11.1 Å². The third-order valence-corrected chi connectivity index (χ3v) is 2.66. The summed E-state index contributed by atoms with van der Waals surface area (Å²) >= 11 is 5.80. The van der Waals surface area contributed by atoms with Crippen molar-refractivity contribution in [1.29, 1.82) is 0 Å². The molecule has 4 heteroatoms. The number of carbonyl (C=O) groups is 1. The number of hydrogen-bond donors (Lipinski definition) is 0. The van der Waals surface area contributed by atoms with Crippen molar-refractivity contribution in [3.63, 3.8) is 0 Å². The van der Waals surface area contributed by atoms with Crippen LogP contribution in [0.15, 0.2) is 42.5 Å². The highest BCUT2D eigenvalue weighted by molar-refractivity contribution is 6.33. The van der Waals surface area contributed by atoms with Crippen LogP contribution in [0.1, 0.15) is 10.4 Å². The molecule has 2 rings (SSSR count). The van der Waals surface area contributed by atoms with Crippen LogP contribution in [0.4, 0.5) is 4.39 Å². The van der Waals surface area contributed by atoms with Gasteiger partial charge in [-0.3, -0.25) is 0 Å². The minimum atomic E-state index is -1.33. The van der Waals surface area contributed by atoms with Crippen LogP contribution in [0.2, 0.25) is 5.02 Å². The van der Waals surface area contributed by atoms with Crippen LogP contribution in [-0.4, -0.2) is 5.97 Å². The molecule has 0 bridgehead atoms. The summed E-state index contributed by atoms with van der Waals surface area (Å²) < 4.78 is 13.0. The number of hydrogen-bond acceptors (Lipinski definition) is 2. The van der Waals surface area contributed by atoms with Gasteiger partial charge in [-0.1, -0.05) is 35.9 Å². The number of carboxylic acid groups (broad SMARTS) is 1. The molecule has 0 aromatic heterocycles. The minimum Gasteiger partial charge on any atom is -0.545 e. The first-order chi connectivity index (χ1) is 8.08. The highest BCUT2D eigenvalue weighted by Gasteiger charge is 2.05. The molecular weight excluding hydrogens is 243 g/mol. The molecule has 17 heavy (non-hydrogen) atoms. The monoisotopic (exact) mass is 249 g/mol.